The van der Waals surface area contributed by atoms with E-state index in [0.717, 1.165) is 16.8 Å². The molecule has 36 heavy (non-hydrogen) atoms. The minimum Gasteiger partial charge on any atom is -0.147 e. The van der Waals surface area contributed by atoms with Gasteiger partial charge in [0.25, 0.3) is 0 Å². The maximum Gasteiger partial charge on any atom is -0.147 e. The quantitative estimate of drug-likeness (QED) is 0.291. The zero-order valence-electron chi connectivity index (χ0n) is 23.4. The van der Waals surface area contributed by atoms with Crippen LogP contribution in [-0.4, -0.2) is 19.5 Å². The van der Waals surface area contributed by atoms with Crippen LogP contribution in [0.15, 0.2) is 48.7 Å². The third-order valence-electron chi connectivity index (χ3n) is 5.34. The first-order valence-electron chi connectivity index (χ1n) is 11.6. The zero-order valence-corrected chi connectivity index (χ0v) is 26.5. The van der Waals surface area contributed by atoms with Crippen molar-refractivity contribution in [3.05, 3.63) is 87.7 Å². The van der Waals surface area contributed by atoms with Gasteiger partial charge in [0.1, 0.15) is 11.5 Å². The minimum atomic E-state index is 0. The molecular weight excluding hydrogens is 525 g/mol. The molecule has 1 aromatic heterocycles. The van der Waals surface area contributed by atoms with Crippen LogP contribution >= 0.6 is 24.8 Å². The zero-order chi connectivity index (χ0) is 26.3. The van der Waals surface area contributed by atoms with E-state index in [-0.39, 0.29) is 35.6 Å². The second-order valence-electron chi connectivity index (χ2n) is 10.9. The largest absolute Gasteiger partial charge is 0.147 e. The predicted octanol–water partition coefficient (Wildman–Crippen LogP) is 8.24. The Bertz CT molecular complexity index is 1060. The first-order valence-corrected chi connectivity index (χ1v) is 12.5. The number of halogens is 2. The van der Waals surface area contributed by atoms with Crippen molar-refractivity contribution in [3.8, 4) is 11.5 Å². The Balaban J connectivity index is 0. The number of phenolic OH excluding ortho intramolecular Hbond substituents is 2. The molecule has 0 aliphatic carbocycles. The number of aromatic hydroxyl groups is 2. The Kier molecular flexibility index (Phi) is 15.8. The number of benzene rings is 2. The molecule has 0 spiro atoms. The van der Waals surface area contributed by atoms with Crippen molar-refractivity contribution in [2.75, 3.05) is 0 Å². The van der Waals surface area contributed by atoms with E-state index in [4.69, 9.17) is 0 Å². The number of hydrogen-bond donors (Lipinski definition) is 2. The monoisotopic (exact) mass is 567 g/mol. The molecule has 3 aromatic rings. The Labute approximate surface area is 242 Å². The number of rotatable bonds is 1. The molecule has 0 saturated heterocycles. The van der Waals surface area contributed by atoms with Crippen LogP contribution in [0.5, 0.6) is 11.5 Å². The van der Waals surface area contributed by atoms with E-state index in [0.29, 0.717) is 11.5 Å². The van der Waals surface area contributed by atoms with Gasteiger partial charge >= 0.3 is 72.2 Å². The molecule has 0 aliphatic rings. The molecule has 2 aromatic carbocycles. The van der Waals surface area contributed by atoms with E-state index in [2.05, 4.69) is 63.8 Å². The van der Waals surface area contributed by atoms with Crippen molar-refractivity contribution in [1.82, 2.24) is 4.98 Å². The predicted molar refractivity (Wildman–Crippen MR) is 156 cm³/mol. The number of nitrogens with zero attached hydrogens (tertiary/aromatic N) is 1. The topological polar surface area (TPSA) is 53.4 Å². The molecule has 3 rings (SSSR count). The van der Waals surface area contributed by atoms with Gasteiger partial charge in [-0.1, -0.05) is 76.9 Å². The van der Waals surface area contributed by atoms with Gasteiger partial charge in [-0.05, 0) is 47.9 Å². The third-order valence-corrected chi connectivity index (χ3v) is 5.82. The molecule has 0 unspecified atom stereocenters. The Morgan fingerprint density at radius 1 is 0.667 bits per heavy atom. The van der Waals surface area contributed by atoms with Crippen molar-refractivity contribution in [1.29, 1.82) is 0 Å². The van der Waals surface area contributed by atoms with E-state index in [1.54, 1.807) is 12.1 Å². The van der Waals surface area contributed by atoms with Gasteiger partial charge in [-0.2, -0.15) is 0 Å². The first-order chi connectivity index (χ1) is 15.6. The molecule has 0 aliphatic heterocycles. The Hall–Kier alpha value is -1.65. The second kappa shape index (κ2) is 15.6. The summed E-state index contributed by atoms with van der Waals surface area (Å²) in [5.41, 5.74) is 8.03. The van der Waals surface area contributed by atoms with E-state index < -0.39 is 0 Å². The molecule has 0 radical (unpaired) electrons. The van der Waals surface area contributed by atoms with E-state index >= 15 is 0 Å². The van der Waals surface area contributed by atoms with Crippen molar-refractivity contribution < 1.29 is 30.2 Å². The summed E-state index contributed by atoms with van der Waals surface area (Å²) in [6.07, 6.45) is 1.89. The molecular formula is C30H43Cl2NO2Ti. The van der Waals surface area contributed by atoms with Crippen LogP contribution in [0, 0.1) is 27.7 Å². The van der Waals surface area contributed by atoms with Crippen LogP contribution in [0.1, 0.15) is 80.6 Å². The van der Waals surface area contributed by atoms with Gasteiger partial charge in [0.05, 0.1) is 0 Å². The molecule has 0 atom stereocenters. The number of hydrogen-bond acceptors (Lipinski definition) is 3. The summed E-state index contributed by atoms with van der Waals surface area (Å²) in [5.74, 6) is 0.793. The molecule has 2 N–H and O–H groups in total. The molecule has 6 heteroatoms. The Morgan fingerprint density at radius 2 is 1.06 bits per heavy atom. The number of aromatic nitrogens is 1. The fourth-order valence-corrected chi connectivity index (χ4v) is 3.76. The standard InChI is InChI=1S/2C11H16O.C8H9N.2ClH.Ti/c2*1-8-5-6-10(12)9(7-8)11(2,3)4;1-6-4-7(2)8(3)9-5-6;;;/h2*5-7,12H,1-4H3;2,4-5H,1,3H3;2*1H;. The molecule has 198 valence electrons. The van der Waals surface area contributed by atoms with Gasteiger partial charge in [0.2, 0.25) is 0 Å². The van der Waals surface area contributed by atoms with Crippen LogP contribution in [0.4, 0.5) is 0 Å². The first kappa shape index (κ1) is 36.5. The average molecular weight is 568 g/mol. The average Bonchev–Trinajstić information content (AvgIpc) is 2.73. The molecule has 0 saturated carbocycles. The fourth-order valence-electron chi connectivity index (χ4n) is 3.31. The van der Waals surface area contributed by atoms with Gasteiger partial charge in [-0.3, -0.25) is 0 Å². The maximum absolute atomic E-state index is 9.57. The van der Waals surface area contributed by atoms with Crippen LogP contribution < -0.4 is 0 Å². The van der Waals surface area contributed by atoms with Gasteiger partial charge < -0.3 is 10.2 Å². The summed E-state index contributed by atoms with van der Waals surface area (Å²) >= 11 is 2.03. The van der Waals surface area contributed by atoms with Crippen LogP contribution in [-0.2, 0) is 30.8 Å². The summed E-state index contributed by atoms with van der Waals surface area (Å²) < 4.78 is 2.08. The van der Waals surface area contributed by atoms with E-state index in [1.807, 2.05) is 71.2 Å². The number of aryl methyl sites for hydroxylation is 4. The van der Waals surface area contributed by atoms with Gasteiger partial charge in [-0.15, -0.1) is 24.8 Å². The summed E-state index contributed by atoms with van der Waals surface area (Å²) in [4.78, 5) is 4.22. The summed E-state index contributed by atoms with van der Waals surface area (Å²) in [6.45, 7) is 20.7. The molecule has 3 nitrogen and oxygen atoms in total. The maximum atomic E-state index is 9.57. The van der Waals surface area contributed by atoms with Gasteiger partial charge in [0, 0.05) is 0 Å². The van der Waals surface area contributed by atoms with Gasteiger partial charge in [0.15, 0.2) is 0 Å². The van der Waals surface area contributed by atoms with Crippen LogP contribution in [0.3, 0.4) is 0 Å². The summed E-state index contributed by atoms with van der Waals surface area (Å²) in [5, 5.41) is 19.1. The van der Waals surface area contributed by atoms with E-state index in [1.165, 1.54) is 22.3 Å². The molecule has 1 heterocycles. The van der Waals surface area contributed by atoms with Crippen molar-refractivity contribution in [3.63, 3.8) is 0 Å². The van der Waals surface area contributed by atoms with Gasteiger partial charge in [-0.25, -0.2) is 0 Å². The van der Waals surface area contributed by atoms with Crippen molar-refractivity contribution in [2.45, 2.75) is 80.1 Å². The third kappa shape index (κ3) is 12.1. The summed E-state index contributed by atoms with van der Waals surface area (Å²) in [7, 11) is 0. The normalized spacial score (nSPS) is 10.4. The van der Waals surface area contributed by atoms with Crippen molar-refractivity contribution in [2.24, 2.45) is 0 Å². The minimum absolute atomic E-state index is 0. The SMILES string of the molecule is Cc1ccc(O)c(C(C)(C)C)c1.Cc1ccc(O)c(C(C)(C)C)c1.Cc1cnc(C)c([CH]=[Ti])c1.Cl.Cl. The molecule has 0 bridgehead atoms. The van der Waals surface area contributed by atoms with E-state index in [9.17, 15) is 10.2 Å². The van der Waals surface area contributed by atoms with Crippen LogP contribution in [0.2, 0.25) is 0 Å². The van der Waals surface area contributed by atoms with Crippen LogP contribution in [0.25, 0.3) is 0 Å². The number of phenols is 2. The van der Waals surface area contributed by atoms with Crippen molar-refractivity contribution >= 4 is 29.1 Å². The molecule has 0 amide bonds. The fraction of sp³-hybridized carbons (Fsp3) is 0.400. The number of pyridine rings is 1. The smallest absolute Gasteiger partial charge is 0.147 e. The summed E-state index contributed by atoms with van der Waals surface area (Å²) in [6, 6.07) is 13.6. The molecule has 0 fully saturated rings. The second-order valence-corrected chi connectivity index (χ2v) is 11.3. The Morgan fingerprint density at radius 3 is 1.33 bits per heavy atom.